The smallest absolute Gasteiger partial charge is 1.00 e. The summed E-state index contributed by atoms with van der Waals surface area (Å²) in [6.07, 6.45) is 0. The Kier molecular flexibility index (Phi) is 22200. The summed E-state index contributed by atoms with van der Waals surface area (Å²) >= 11 is 0. The van der Waals surface area contributed by atoms with Gasteiger partial charge >= 0.3 is 34.4 Å². The Hall–Kier alpha value is 2.55. The number of rotatable bonds is 0. The van der Waals surface area contributed by atoms with Gasteiger partial charge in [0.1, 0.15) is 0 Å². The molecule has 0 aliphatic carbocycles. The molecule has 0 rings (SSSR count). The first kappa shape index (κ1) is 615. The predicted molar refractivity (Wildman–Crippen MR) is 27.4 cm³/mol. The summed E-state index contributed by atoms with van der Waals surface area (Å²) in [6.45, 7) is 0. The van der Waals surface area contributed by atoms with Crippen molar-refractivity contribution in [2.24, 2.45) is 0 Å². The Bertz CT molecular complexity index is 22.3. The SMILES string of the molecule is O.O.O.O.O.O.[Al+3].[Cl-].[Cl-].[Cl-].[Cl-].[Cl-].[Cl-].[Fe+3]. The molecule has 101 valence electrons. The standard InChI is InChI=1S/Al.6ClH.Fe.6H2O/h;6*1H;;6*1H2/q+3;;;;;;;+3;;;;;;/p-6. The van der Waals surface area contributed by atoms with E-state index in [1.165, 1.54) is 0 Å². The summed E-state index contributed by atoms with van der Waals surface area (Å²) in [6, 6.07) is 0. The van der Waals surface area contributed by atoms with Crippen LogP contribution in [0, 0.1) is 0 Å². The van der Waals surface area contributed by atoms with Crippen LogP contribution in [-0.4, -0.2) is 50.2 Å². The summed E-state index contributed by atoms with van der Waals surface area (Å²) in [4.78, 5) is 0. The van der Waals surface area contributed by atoms with E-state index in [2.05, 4.69) is 0 Å². The molecule has 0 bridgehead atoms. The van der Waals surface area contributed by atoms with Crippen LogP contribution in [0.3, 0.4) is 0 Å². The van der Waals surface area contributed by atoms with Crippen LogP contribution in [0.4, 0.5) is 0 Å². The van der Waals surface area contributed by atoms with Gasteiger partial charge in [0.05, 0.1) is 0 Å². The zero-order valence-corrected chi connectivity index (χ0v) is 13.0. The molecule has 0 atom stereocenters. The summed E-state index contributed by atoms with van der Waals surface area (Å²) in [7, 11) is 0. The van der Waals surface area contributed by atoms with E-state index in [9.17, 15) is 0 Å². The molecule has 1 radical (unpaired) electrons. The van der Waals surface area contributed by atoms with Crippen LogP contribution in [-0.2, 0) is 17.1 Å². The molecule has 6 nitrogen and oxygen atoms in total. The Morgan fingerprint density at radius 1 is 0.286 bits per heavy atom. The van der Waals surface area contributed by atoms with E-state index in [-0.39, 0.29) is 142 Å². The van der Waals surface area contributed by atoms with Crippen molar-refractivity contribution >= 4 is 17.4 Å². The van der Waals surface area contributed by atoms with E-state index in [1.807, 2.05) is 0 Å². The van der Waals surface area contributed by atoms with Crippen LogP contribution >= 0.6 is 0 Å². The maximum Gasteiger partial charge on any atom is 3.00 e. The third kappa shape index (κ3) is 410. The Labute approximate surface area is 141 Å². The molecule has 0 saturated carbocycles. The van der Waals surface area contributed by atoms with Gasteiger partial charge in [0, 0.05) is 0 Å². The van der Waals surface area contributed by atoms with Crippen molar-refractivity contribution in [2.75, 3.05) is 0 Å². The summed E-state index contributed by atoms with van der Waals surface area (Å²) in [5.74, 6) is 0. The molecule has 0 amide bonds. The van der Waals surface area contributed by atoms with Crippen LogP contribution in [0.15, 0.2) is 0 Å². The van der Waals surface area contributed by atoms with Crippen molar-refractivity contribution in [3.63, 3.8) is 0 Å². The fourth-order valence-corrected chi connectivity index (χ4v) is 0. The molecule has 14 heteroatoms. The third-order valence-electron chi connectivity index (χ3n) is 0. The van der Waals surface area contributed by atoms with E-state index >= 15 is 0 Å². The van der Waals surface area contributed by atoms with Crippen LogP contribution < -0.4 is 74.4 Å². The second kappa shape index (κ2) is 506. The molecule has 0 aliphatic rings. The van der Waals surface area contributed by atoms with Gasteiger partial charge in [-0.1, -0.05) is 0 Å². The second-order valence-corrected chi connectivity index (χ2v) is 0. The second-order valence-electron chi connectivity index (χ2n) is 0. The molecule has 0 aliphatic heterocycles. The van der Waals surface area contributed by atoms with E-state index in [0.717, 1.165) is 0 Å². The number of hydrogen-bond acceptors (Lipinski definition) is 0. The van der Waals surface area contributed by atoms with Crippen molar-refractivity contribution in [2.45, 2.75) is 0 Å². The van der Waals surface area contributed by atoms with Gasteiger partial charge in [0.2, 0.25) is 0 Å². The topological polar surface area (TPSA) is 189 Å². The van der Waals surface area contributed by atoms with Crippen molar-refractivity contribution in [1.82, 2.24) is 0 Å². The van der Waals surface area contributed by atoms with E-state index in [4.69, 9.17) is 0 Å². The van der Waals surface area contributed by atoms with Gasteiger partial charge in [-0.15, -0.1) is 0 Å². The largest absolute Gasteiger partial charge is 3.00 e. The quantitative estimate of drug-likeness (QED) is 0.347. The van der Waals surface area contributed by atoms with E-state index in [1.54, 1.807) is 0 Å². The van der Waals surface area contributed by atoms with Gasteiger partial charge in [-0.05, 0) is 0 Å². The normalized spacial score (nSPS) is 0. The summed E-state index contributed by atoms with van der Waals surface area (Å²) < 4.78 is 0. The van der Waals surface area contributed by atoms with Crippen LogP contribution in [0.2, 0.25) is 0 Å². The van der Waals surface area contributed by atoms with Crippen molar-refractivity contribution in [1.29, 1.82) is 0 Å². The van der Waals surface area contributed by atoms with Crippen molar-refractivity contribution in [3.05, 3.63) is 0 Å². The molecule has 0 spiro atoms. The zero-order chi connectivity index (χ0) is 0. The Morgan fingerprint density at radius 2 is 0.286 bits per heavy atom. The average molecular weight is 404 g/mol. The summed E-state index contributed by atoms with van der Waals surface area (Å²) in [5.41, 5.74) is 0. The predicted octanol–water partition coefficient (Wildman–Crippen LogP) is -23.3. The minimum absolute atomic E-state index is 0. The van der Waals surface area contributed by atoms with Crippen LogP contribution in [0.1, 0.15) is 0 Å². The Morgan fingerprint density at radius 3 is 0.286 bits per heavy atom. The zero-order valence-electron chi connectivity index (χ0n) is 6.20. The van der Waals surface area contributed by atoms with Crippen molar-refractivity contribution in [3.8, 4) is 0 Å². The molecule has 0 aromatic carbocycles. The molecule has 0 saturated heterocycles. The number of hydrogen-bond donors (Lipinski definition) is 0. The van der Waals surface area contributed by atoms with Gasteiger partial charge in [0.25, 0.3) is 0 Å². The van der Waals surface area contributed by atoms with Crippen molar-refractivity contribution < 1.29 is 124 Å². The van der Waals surface area contributed by atoms with Gasteiger partial charge in [-0.2, -0.15) is 0 Å². The fourth-order valence-electron chi connectivity index (χ4n) is 0. The summed E-state index contributed by atoms with van der Waals surface area (Å²) in [5, 5.41) is 0. The van der Waals surface area contributed by atoms with Gasteiger partial charge in [-0.25, -0.2) is 0 Å². The monoisotopic (exact) mass is 401 g/mol. The molecule has 0 heterocycles. The average Bonchev–Trinajstić information content (AvgIpc) is 0. The third-order valence-corrected chi connectivity index (χ3v) is 0. The molecule has 0 aromatic rings. The molecule has 0 fully saturated rings. The first-order valence-electron chi connectivity index (χ1n) is 0. The maximum atomic E-state index is 0. The molecular weight excluding hydrogens is 392 g/mol. The Balaban J connectivity index is 0. The van der Waals surface area contributed by atoms with E-state index < -0.39 is 0 Å². The molecule has 14 heavy (non-hydrogen) atoms. The minimum atomic E-state index is 0. The molecule has 0 unspecified atom stereocenters. The number of halogens is 6. The van der Waals surface area contributed by atoms with Gasteiger partial charge in [-0.3, -0.25) is 0 Å². The first-order chi connectivity index (χ1) is 0. The van der Waals surface area contributed by atoms with Crippen LogP contribution in [0.5, 0.6) is 0 Å². The van der Waals surface area contributed by atoms with Gasteiger partial charge < -0.3 is 107 Å². The van der Waals surface area contributed by atoms with E-state index in [0.29, 0.717) is 0 Å². The van der Waals surface area contributed by atoms with Gasteiger partial charge in [0.15, 0.2) is 0 Å². The maximum absolute atomic E-state index is 0. The minimum Gasteiger partial charge on any atom is -1.00 e. The first-order valence-corrected chi connectivity index (χ1v) is 0. The molecule has 12 N–H and O–H groups in total. The molecule has 0 aromatic heterocycles. The fraction of sp³-hybridized carbons (Fsp3) is 0. The van der Waals surface area contributed by atoms with Crippen LogP contribution in [0.25, 0.3) is 0 Å². The molecular formula is H12AlCl6FeO6.